The van der Waals surface area contributed by atoms with Gasteiger partial charge in [-0.05, 0) is 38.2 Å². The van der Waals surface area contributed by atoms with E-state index >= 15 is 0 Å². The van der Waals surface area contributed by atoms with Crippen molar-refractivity contribution in [1.82, 2.24) is 5.32 Å². The van der Waals surface area contributed by atoms with Gasteiger partial charge in [-0.2, -0.15) is 0 Å². The number of rotatable bonds is 5. The topological polar surface area (TPSA) is 41.1 Å². The molecule has 0 saturated heterocycles. The molecule has 0 atom stereocenters. The van der Waals surface area contributed by atoms with E-state index in [4.69, 9.17) is 0 Å². The molecule has 0 fully saturated rings. The van der Waals surface area contributed by atoms with E-state index in [1.807, 2.05) is 7.05 Å². The van der Waals surface area contributed by atoms with Crippen LogP contribution in [0.1, 0.15) is 12.8 Å². The Labute approximate surface area is 88.7 Å². The summed E-state index contributed by atoms with van der Waals surface area (Å²) < 4.78 is 12.8. The van der Waals surface area contributed by atoms with Crippen LogP contribution in [-0.2, 0) is 4.79 Å². The van der Waals surface area contributed by atoms with E-state index in [1.165, 1.54) is 12.1 Å². The Morgan fingerprint density at radius 3 is 2.93 bits per heavy atom. The molecule has 0 radical (unpaired) electrons. The zero-order chi connectivity index (χ0) is 11.1. The molecule has 1 rings (SSSR count). The molecule has 1 aromatic carbocycles. The second-order valence-corrected chi connectivity index (χ2v) is 3.27. The molecule has 0 aromatic heterocycles. The van der Waals surface area contributed by atoms with Crippen LogP contribution in [0.5, 0.6) is 0 Å². The molecular formula is C11H15FN2O. The van der Waals surface area contributed by atoms with Crippen molar-refractivity contribution >= 4 is 11.6 Å². The van der Waals surface area contributed by atoms with Gasteiger partial charge in [0, 0.05) is 12.1 Å². The van der Waals surface area contributed by atoms with E-state index in [0.29, 0.717) is 12.1 Å². The zero-order valence-corrected chi connectivity index (χ0v) is 8.72. The van der Waals surface area contributed by atoms with E-state index in [-0.39, 0.29) is 11.7 Å². The molecule has 0 aliphatic rings. The number of amides is 1. The average Bonchev–Trinajstić information content (AvgIpc) is 2.18. The van der Waals surface area contributed by atoms with Crippen LogP contribution in [0.15, 0.2) is 24.3 Å². The van der Waals surface area contributed by atoms with Crippen LogP contribution < -0.4 is 10.6 Å². The third kappa shape index (κ3) is 4.56. The first-order valence-electron chi connectivity index (χ1n) is 4.92. The third-order valence-electron chi connectivity index (χ3n) is 1.94. The first-order valence-corrected chi connectivity index (χ1v) is 4.92. The number of carbonyl (C=O) groups is 1. The lowest BCUT2D eigenvalue weighted by Gasteiger charge is -2.04. The summed E-state index contributed by atoms with van der Waals surface area (Å²) in [7, 11) is 1.84. The molecule has 2 N–H and O–H groups in total. The predicted octanol–water partition coefficient (Wildman–Crippen LogP) is 1.76. The number of hydrogen-bond acceptors (Lipinski definition) is 2. The largest absolute Gasteiger partial charge is 0.326 e. The molecule has 0 heterocycles. The van der Waals surface area contributed by atoms with Gasteiger partial charge in [0.05, 0.1) is 0 Å². The van der Waals surface area contributed by atoms with Gasteiger partial charge in [-0.15, -0.1) is 0 Å². The van der Waals surface area contributed by atoms with Gasteiger partial charge >= 0.3 is 0 Å². The predicted molar refractivity (Wildman–Crippen MR) is 58.2 cm³/mol. The lowest BCUT2D eigenvalue weighted by molar-refractivity contribution is -0.116. The highest BCUT2D eigenvalue weighted by molar-refractivity contribution is 5.90. The molecule has 4 heteroatoms. The molecular weight excluding hydrogens is 195 g/mol. The molecule has 0 spiro atoms. The fourth-order valence-corrected chi connectivity index (χ4v) is 1.22. The van der Waals surface area contributed by atoms with Crippen LogP contribution in [0.4, 0.5) is 10.1 Å². The summed E-state index contributed by atoms with van der Waals surface area (Å²) in [5.74, 6) is -0.432. The molecule has 0 aliphatic carbocycles. The first-order chi connectivity index (χ1) is 7.22. The Morgan fingerprint density at radius 2 is 2.27 bits per heavy atom. The average molecular weight is 210 g/mol. The minimum absolute atomic E-state index is 0.0872. The monoisotopic (exact) mass is 210 g/mol. The first kappa shape index (κ1) is 11.7. The smallest absolute Gasteiger partial charge is 0.224 e. The quantitative estimate of drug-likeness (QED) is 0.727. The maximum Gasteiger partial charge on any atom is 0.224 e. The molecule has 0 saturated carbocycles. The Bertz CT molecular complexity index is 328. The second kappa shape index (κ2) is 6.14. The minimum Gasteiger partial charge on any atom is -0.326 e. The highest BCUT2D eigenvalue weighted by Gasteiger charge is 2.01. The number of halogens is 1. The number of nitrogens with one attached hydrogen (secondary N) is 2. The van der Waals surface area contributed by atoms with Crippen LogP contribution >= 0.6 is 0 Å². The van der Waals surface area contributed by atoms with Crippen LogP contribution in [0, 0.1) is 5.82 Å². The van der Waals surface area contributed by atoms with Crippen LogP contribution in [0.2, 0.25) is 0 Å². The molecule has 0 bridgehead atoms. The highest BCUT2D eigenvalue weighted by Crippen LogP contribution is 2.09. The molecule has 82 valence electrons. The Morgan fingerprint density at radius 1 is 1.47 bits per heavy atom. The van der Waals surface area contributed by atoms with Crippen molar-refractivity contribution in [3.63, 3.8) is 0 Å². The standard InChI is InChI=1S/C11H15FN2O/c1-13-7-3-6-11(15)14-10-5-2-4-9(12)8-10/h2,4-5,8,13H,3,6-7H2,1H3,(H,14,15). The molecule has 1 amide bonds. The van der Waals surface area contributed by atoms with Gasteiger partial charge in [0.25, 0.3) is 0 Å². The molecule has 15 heavy (non-hydrogen) atoms. The molecule has 0 aliphatic heterocycles. The van der Waals surface area contributed by atoms with Crippen molar-refractivity contribution in [2.45, 2.75) is 12.8 Å². The van der Waals surface area contributed by atoms with Gasteiger partial charge in [0.1, 0.15) is 5.82 Å². The van der Waals surface area contributed by atoms with Crippen molar-refractivity contribution in [3.05, 3.63) is 30.1 Å². The minimum atomic E-state index is -0.344. The van der Waals surface area contributed by atoms with Crippen LogP contribution in [0.3, 0.4) is 0 Å². The summed E-state index contributed by atoms with van der Waals surface area (Å²) in [5, 5.41) is 5.59. The van der Waals surface area contributed by atoms with Crippen LogP contribution in [-0.4, -0.2) is 19.5 Å². The van der Waals surface area contributed by atoms with E-state index in [2.05, 4.69) is 10.6 Å². The van der Waals surface area contributed by atoms with E-state index in [0.717, 1.165) is 13.0 Å². The fraction of sp³-hybridized carbons (Fsp3) is 0.364. The molecule has 1 aromatic rings. The third-order valence-corrected chi connectivity index (χ3v) is 1.94. The number of carbonyl (C=O) groups excluding carboxylic acids is 1. The van der Waals surface area contributed by atoms with E-state index in [1.54, 1.807) is 12.1 Å². The van der Waals surface area contributed by atoms with Gasteiger partial charge in [-0.3, -0.25) is 4.79 Å². The number of hydrogen-bond donors (Lipinski definition) is 2. The lowest BCUT2D eigenvalue weighted by Crippen LogP contribution is -2.15. The van der Waals surface area contributed by atoms with Crippen molar-refractivity contribution in [3.8, 4) is 0 Å². The summed E-state index contributed by atoms with van der Waals surface area (Å²) in [6, 6.07) is 5.88. The summed E-state index contributed by atoms with van der Waals surface area (Å²) in [6.45, 7) is 0.802. The maximum atomic E-state index is 12.8. The van der Waals surface area contributed by atoms with Gasteiger partial charge in [-0.1, -0.05) is 6.07 Å². The SMILES string of the molecule is CNCCCC(=O)Nc1cccc(F)c1. The Balaban J connectivity index is 2.37. The Hall–Kier alpha value is -1.42. The Kier molecular flexibility index (Phi) is 4.77. The van der Waals surface area contributed by atoms with Gasteiger partial charge < -0.3 is 10.6 Å². The summed E-state index contributed by atoms with van der Waals surface area (Å²) in [6.07, 6.45) is 1.22. The normalized spacial score (nSPS) is 10.0. The lowest BCUT2D eigenvalue weighted by atomic mass is 10.2. The molecule has 3 nitrogen and oxygen atoms in total. The van der Waals surface area contributed by atoms with Crippen LogP contribution in [0.25, 0.3) is 0 Å². The maximum absolute atomic E-state index is 12.8. The highest BCUT2D eigenvalue weighted by atomic mass is 19.1. The number of anilines is 1. The van der Waals surface area contributed by atoms with E-state index < -0.39 is 0 Å². The van der Waals surface area contributed by atoms with Crippen molar-refractivity contribution in [2.75, 3.05) is 18.9 Å². The van der Waals surface area contributed by atoms with E-state index in [9.17, 15) is 9.18 Å². The van der Waals surface area contributed by atoms with Crippen molar-refractivity contribution < 1.29 is 9.18 Å². The van der Waals surface area contributed by atoms with Crippen molar-refractivity contribution in [1.29, 1.82) is 0 Å². The summed E-state index contributed by atoms with van der Waals surface area (Å²) in [4.78, 5) is 11.3. The van der Waals surface area contributed by atoms with Crippen molar-refractivity contribution in [2.24, 2.45) is 0 Å². The van der Waals surface area contributed by atoms with Gasteiger partial charge in [-0.25, -0.2) is 4.39 Å². The van der Waals surface area contributed by atoms with Gasteiger partial charge in [0.2, 0.25) is 5.91 Å². The zero-order valence-electron chi connectivity index (χ0n) is 8.72. The summed E-state index contributed by atoms with van der Waals surface area (Å²) in [5.41, 5.74) is 0.504. The number of benzene rings is 1. The van der Waals surface area contributed by atoms with Gasteiger partial charge in [0.15, 0.2) is 0 Å². The second-order valence-electron chi connectivity index (χ2n) is 3.27. The molecule has 0 unspecified atom stereocenters. The fourth-order valence-electron chi connectivity index (χ4n) is 1.22. The summed E-state index contributed by atoms with van der Waals surface area (Å²) >= 11 is 0.